The van der Waals surface area contributed by atoms with Crippen LogP contribution in [-0.2, 0) is 42.2 Å². The first-order valence-corrected chi connectivity index (χ1v) is 10.3. The van der Waals surface area contributed by atoms with Gasteiger partial charge in [0.1, 0.15) is 0 Å². The number of fused-ring (bicyclic) bond motifs is 6. The summed E-state index contributed by atoms with van der Waals surface area (Å²) in [5, 5.41) is 1.09. The summed E-state index contributed by atoms with van der Waals surface area (Å²) >= 11 is 1.86. The first-order valence-electron chi connectivity index (χ1n) is 9.28. The monoisotopic (exact) mass is 448 g/mol. The fourth-order valence-corrected chi connectivity index (χ4v) is 5.74. The van der Waals surface area contributed by atoms with Crippen molar-refractivity contribution in [3.63, 3.8) is 0 Å². The van der Waals surface area contributed by atoms with Gasteiger partial charge in [-0.2, -0.15) is 0 Å². The molecule has 2 aliphatic heterocycles. The van der Waals surface area contributed by atoms with Crippen molar-refractivity contribution in [3.8, 4) is 0 Å². The molecule has 1 saturated carbocycles. The summed E-state index contributed by atoms with van der Waals surface area (Å²) < 4.78 is 14.2. The van der Waals surface area contributed by atoms with Crippen molar-refractivity contribution < 1.29 is 42.2 Å². The van der Waals surface area contributed by atoms with E-state index in [4.69, 9.17) is 14.5 Å². The number of thioether (sulfide) groups is 1. The summed E-state index contributed by atoms with van der Waals surface area (Å²) in [6.07, 6.45) is 8.55. The standard InChI is InChI=1S/C18H23N4O2S.Y/c1-11-16-17(20-10-19-11)22-14-6-12(8-24-15-4-2-3-5-23-15)13(7-14)9-25-18(22)21-16;/h12-15H,2-9H2,1H3;/q-1;/t12-,13+,14-,15?;/m0./s1. The molecule has 0 aromatic carbocycles. The zero-order valence-corrected chi connectivity index (χ0v) is 18.7. The maximum atomic E-state index is 6.10. The first-order chi connectivity index (χ1) is 12.3. The number of imidazole rings is 1. The van der Waals surface area contributed by atoms with Crippen molar-refractivity contribution in [1.82, 2.24) is 19.5 Å². The summed E-state index contributed by atoms with van der Waals surface area (Å²) in [6, 6.07) is 0.462. The molecule has 4 atom stereocenters. The van der Waals surface area contributed by atoms with Crippen LogP contribution in [0, 0.1) is 25.1 Å². The van der Waals surface area contributed by atoms with Crippen LogP contribution in [0.2, 0.25) is 0 Å². The van der Waals surface area contributed by atoms with E-state index in [1.165, 1.54) is 19.3 Å². The van der Waals surface area contributed by atoms with E-state index in [9.17, 15) is 0 Å². The summed E-state index contributed by atoms with van der Waals surface area (Å²) in [6.45, 7) is 3.64. The molecule has 1 radical (unpaired) electrons. The smallest absolute Gasteiger partial charge is 0.157 e. The van der Waals surface area contributed by atoms with Crippen LogP contribution in [0.4, 0.5) is 0 Å². The molecule has 1 unspecified atom stereocenters. The van der Waals surface area contributed by atoms with Gasteiger partial charge < -0.3 is 24.0 Å². The molecule has 2 fully saturated rings. The van der Waals surface area contributed by atoms with E-state index in [0.717, 1.165) is 53.8 Å². The molecule has 137 valence electrons. The second-order valence-corrected chi connectivity index (χ2v) is 8.42. The molecular formula is C18H23N4O2SY-. The number of hydrogen-bond donors (Lipinski definition) is 0. The van der Waals surface area contributed by atoms with Gasteiger partial charge in [0.15, 0.2) is 11.4 Å². The second kappa shape index (κ2) is 8.12. The summed E-state index contributed by atoms with van der Waals surface area (Å²) in [5.41, 5.74) is 2.78. The van der Waals surface area contributed by atoms with Crippen LogP contribution in [0.3, 0.4) is 0 Å². The Hall–Kier alpha value is -0.0761. The number of aryl methyl sites for hydroxylation is 1. The van der Waals surface area contributed by atoms with Gasteiger partial charge in [0, 0.05) is 68.6 Å². The maximum Gasteiger partial charge on any atom is 0.157 e. The Labute approximate surface area is 183 Å². The van der Waals surface area contributed by atoms with E-state index >= 15 is 0 Å². The van der Waals surface area contributed by atoms with Crippen LogP contribution in [0.15, 0.2) is 5.16 Å². The third-order valence-corrected chi connectivity index (χ3v) is 6.95. The summed E-state index contributed by atoms with van der Waals surface area (Å²) in [5.74, 6) is 2.39. The largest absolute Gasteiger partial charge is 0.369 e. The van der Waals surface area contributed by atoms with Gasteiger partial charge >= 0.3 is 0 Å². The normalized spacial score (nSPS) is 30.7. The molecule has 0 amide bonds. The van der Waals surface area contributed by atoms with Crippen LogP contribution < -0.4 is 0 Å². The predicted octanol–water partition coefficient (Wildman–Crippen LogP) is 3.15. The third kappa shape index (κ3) is 3.50. The van der Waals surface area contributed by atoms with Crippen molar-refractivity contribution in [2.75, 3.05) is 19.0 Å². The quantitative estimate of drug-likeness (QED) is 0.673. The molecule has 8 heteroatoms. The molecule has 2 bridgehead atoms. The molecule has 0 N–H and O–H groups in total. The Bertz CT molecular complexity index is 780. The SMILES string of the molecule is Cc1n[c-]nc2c1nc1n2[C@H]2C[C@@H](COC3CCCCO3)[C@@H](CS1)C2.[Y]. The van der Waals surface area contributed by atoms with E-state index in [0.29, 0.717) is 17.9 Å². The van der Waals surface area contributed by atoms with Gasteiger partial charge in [0.25, 0.3) is 0 Å². The summed E-state index contributed by atoms with van der Waals surface area (Å²) in [7, 11) is 0. The number of rotatable bonds is 3. The third-order valence-electron chi connectivity index (χ3n) is 5.81. The van der Waals surface area contributed by atoms with E-state index in [1.807, 2.05) is 18.7 Å². The van der Waals surface area contributed by atoms with Crippen molar-refractivity contribution >= 4 is 22.9 Å². The van der Waals surface area contributed by atoms with Gasteiger partial charge in [-0.05, 0) is 49.6 Å². The van der Waals surface area contributed by atoms with Crippen molar-refractivity contribution in [1.29, 1.82) is 0 Å². The minimum Gasteiger partial charge on any atom is -0.369 e. The molecule has 2 aromatic heterocycles. The van der Waals surface area contributed by atoms with Crippen LogP contribution in [0.1, 0.15) is 43.8 Å². The minimum absolute atomic E-state index is 0. The van der Waals surface area contributed by atoms with Crippen LogP contribution in [0.25, 0.3) is 11.2 Å². The summed E-state index contributed by atoms with van der Waals surface area (Å²) in [4.78, 5) is 13.4. The van der Waals surface area contributed by atoms with Crippen molar-refractivity contribution in [3.05, 3.63) is 12.0 Å². The fourth-order valence-electron chi connectivity index (χ4n) is 4.44. The molecule has 0 spiro atoms. The number of hydrogen-bond acceptors (Lipinski definition) is 6. The van der Waals surface area contributed by atoms with Gasteiger partial charge in [-0.15, -0.1) is 0 Å². The predicted molar refractivity (Wildman–Crippen MR) is 94.4 cm³/mol. The fraction of sp³-hybridized carbons (Fsp3) is 0.722. The maximum absolute atomic E-state index is 6.10. The van der Waals surface area contributed by atoms with Crippen molar-refractivity contribution in [2.24, 2.45) is 11.8 Å². The Morgan fingerprint density at radius 2 is 2.23 bits per heavy atom. The van der Waals surface area contributed by atoms with Gasteiger partial charge in [0.2, 0.25) is 0 Å². The van der Waals surface area contributed by atoms with Gasteiger partial charge in [0.05, 0.1) is 6.61 Å². The van der Waals surface area contributed by atoms with E-state index in [1.54, 1.807) is 0 Å². The molecule has 1 saturated heterocycles. The van der Waals surface area contributed by atoms with Crippen LogP contribution in [-0.4, -0.2) is 44.8 Å². The Morgan fingerprint density at radius 1 is 1.31 bits per heavy atom. The van der Waals surface area contributed by atoms with Gasteiger partial charge in [-0.3, -0.25) is 0 Å². The van der Waals surface area contributed by atoms with E-state index in [2.05, 4.69) is 20.9 Å². The van der Waals surface area contributed by atoms with Crippen LogP contribution in [0.5, 0.6) is 0 Å². The zero-order valence-electron chi connectivity index (χ0n) is 15.1. The van der Waals surface area contributed by atoms with Gasteiger partial charge in [-0.1, -0.05) is 18.7 Å². The molecule has 3 aliphatic rings. The van der Waals surface area contributed by atoms with E-state index in [-0.39, 0.29) is 39.0 Å². The Kier molecular flexibility index (Phi) is 6.01. The molecule has 4 heterocycles. The molecule has 26 heavy (non-hydrogen) atoms. The van der Waals surface area contributed by atoms with Crippen LogP contribution >= 0.6 is 11.8 Å². The number of ether oxygens (including phenoxy) is 2. The number of nitrogens with zero attached hydrogens (tertiary/aromatic N) is 4. The Morgan fingerprint density at radius 3 is 3.08 bits per heavy atom. The number of aromatic nitrogens is 4. The molecule has 5 rings (SSSR count). The van der Waals surface area contributed by atoms with Gasteiger partial charge in [-0.25, -0.2) is 4.98 Å². The minimum atomic E-state index is 0. The molecule has 2 aromatic rings. The molecule has 6 nitrogen and oxygen atoms in total. The van der Waals surface area contributed by atoms with E-state index < -0.39 is 0 Å². The molecular weight excluding hydrogens is 425 g/mol. The zero-order chi connectivity index (χ0) is 16.8. The Balaban J connectivity index is 0.00000168. The average molecular weight is 448 g/mol. The topological polar surface area (TPSA) is 62.1 Å². The average Bonchev–Trinajstić information content (AvgIpc) is 3.14. The first kappa shape index (κ1) is 19.2. The second-order valence-electron chi connectivity index (χ2n) is 7.43. The van der Waals surface area contributed by atoms with Crippen molar-refractivity contribution in [2.45, 2.75) is 56.5 Å². The molecule has 1 aliphatic carbocycles.